The van der Waals surface area contributed by atoms with Crippen molar-refractivity contribution in [3.05, 3.63) is 26.6 Å². The lowest BCUT2D eigenvalue weighted by Crippen LogP contribution is -2.41. The standard InChI is InChI=1S/C16H20Br2N2O3/c1-10-7-12(17)15(13(18)8-10)19-14(21)9-20-5-3-11(4-6-20)16(22)23-2/h7-8,11H,3-6,9H2,1-2H3,(H,19,21). The Bertz CT molecular complexity index is 576. The number of methoxy groups -OCH3 is 1. The maximum absolute atomic E-state index is 12.3. The van der Waals surface area contributed by atoms with Crippen LogP contribution in [-0.2, 0) is 14.3 Å². The predicted molar refractivity (Wildman–Crippen MR) is 96.4 cm³/mol. The Morgan fingerprint density at radius 3 is 2.35 bits per heavy atom. The minimum absolute atomic E-state index is 0.0419. The molecule has 5 nitrogen and oxygen atoms in total. The summed E-state index contributed by atoms with van der Waals surface area (Å²) in [4.78, 5) is 25.8. The molecule has 1 fully saturated rings. The highest BCUT2D eigenvalue weighted by molar-refractivity contribution is 9.11. The summed E-state index contributed by atoms with van der Waals surface area (Å²) in [7, 11) is 1.42. The first-order valence-corrected chi connectivity index (χ1v) is 9.05. The van der Waals surface area contributed by atoms with Crippen molar-refractivity contribution in [1.82, 2.24) is 4.90 Å². The number of carbonyl (C=O) groups excluding carboxylic acids is 2. The molecule has 0 spiro atoms. The summed E-state index contributed by atoms with van der Waals surface area (Å²) in [6, 6.07) is 3.92. The summed E-state index contributed by atoms with van der Waals surface area (Å²) < 4.78 is 6.47. The zero-order chi connectivity index (χ0) is 17.0. The van der Waals surface area contributed by atoms with E-state index in [4.69, 9.17) is 4.74 Å². The van der Waals surface area contributed by atoms with E-state index in [1.54, 1.807) is 0 Å². The van der Waals surface area contributed by atoms with Crippen LogP contribution in [0.4, 0.5) is 5.69 Å². The van der Waals surface area contributed by atoms with E-state index >= 15 is 0 Å². The third-order valence-corrected chi connectivity index (χ3v) is 5.19. The summed E-state index contributed by atoms with van der Waals surface area (Å²) in [6.07, 6.45) is 1.47. The SMILES string of the molecule is COC(=O)C1CCN(CC(=O)Nc2c(Br)cc(C)cc2Br)CC1. The fraction of sp³-hybridized carbons (Fsp3) is 0.500. The molecule has 0 atom stereocenters. The molecule has 0 radical (unpaired) electrons. The number of piperidine rings is 1. The van der Waals surface area contributed by atoms with Gasteiger partial charge in [-0.25, -0.2) is 0 Å². The summed E-state index contributed by atoms with van der Waals surface area (Å²) in [5.74, 6) is -0.256. The first kappa shape index (κ1) is 18.4. The Kier molecular flexibility index (Phi) is 6.61. The van der Waals surface area contributed by atoms with Gasteiger partial charge in [0.15, 0.2) is 0 Å². The van der Waals surface area contributed by atoms with Crippen molar-refractivity contribution >= 4 is 49.4 Å². The number of hydrogen-bond acceptors (Lipinski definition) is 4. The molecule has 1 aliphatic rings. The highest BCUT2D eigenvalue weighted by Gasteiger charge is 2.26. The number of amides is 1. The second kappa shape index (κ2) is 8.26. The normalized spacial score (nSPS) is 16.2. The van der Waals surface area contributed by atoms with E-state index in [9.17, 15) is 9.59 Å². The molecule has 1 amide bonds. The van der Waals surface area contributed by atoms with Crippen molar-refractivity contribution in [1.29, 1.82) is 0 Å². The van der Waals surface area contributed by atoms with Crippen LogP contribution in [0.15, 0.2) is 21.1 Å². The third kappa shape index (κ3) is 5.02. The Balaban J connectivity index is 1.88. The van der Waals surface area contributed by atoms with Gasteiger partial charge in [0, 0.05) is 8.95 Å². The molecule has 1 aliphatic heterocycles. The van der Waals surface area contributed by atoms with Crippen molar-refractivity contribution in [2.75, 3.05) is 32.1 Å². The van der Waals surface area contributed by atoms with Gasteiger partial charge < -0.3 is 10.1 Å². The largest absolute Gasteiger partial charge is 0.469 e. The molecule has 1 heterocycles. The van der Waals surface area contributed by atoms with Gasteiger partial charge in [-0.3, -0.25) is 14.5 Å². The quantitative estimate of drug-likeness (QED) is 0.719. The molecule has 2 rings (SSSR count). The molecular weight excluding hydrogens is 428 g/mol. The maximum Gasteiger partial charge on any atom is 0.308 e. The van der Waals surface area contributed by atoms with Crippen LogP contribution in [0.2, 0.25) is 0 Å². The minimum atomic E-state index is -0.151. The van der Waals surface area contributed by atoms with E-state index in [1.807, 2.05) is 19.1 Å². The van der Waals surface area contributed by atoms with E-state index in [2.05, 4.69) is 42.1 Å². The van der Waals surface area contributed by atoms with Crippen LogP contribution < -0.4 is 5.32 Å². The van der Waals surface area contributed by atoms with Gasteiger partial charge in [-0.2, -0.15) is 0 Å². The molecule has 23 heavy (non-hydrogen) atoms. The molecule has 126 valence electrons. The smallest absolute Gasteiger partial charge is 0.308 e. The number of halogens is 2. The van der Waals surface area contributed by atoms with Crippen LogP contribution in [0.5, 0.6) is 0 Å². The van der Waals surface area contributed by atoms with Crippen molar-refractivity contribution in [2.24, 2.45) is 5.92 Å². The molecular formula is C16H20Br2N2O3. The lowest BCUT2D eigenvalue weighted by atomic mass is 9.97. The first-order chi connectivity index (χ1) is 10.9. The van der Waals surface area contributed by atoms with Crippen molar-refractivity contribution in [3.63, 3.8) is 0 Å². The highest BCUT2D eigenvalue weighted by Crippen LogP contribution is 2.32. The molecule has 0 aliphatic carbocycles. The predicted octanol–water partition coefficient (Wildman–Crippen LogP) is 3.34. The second-order valence-corrected chi connectivity index (χ2v) is 7.43. The molecule has 1 aromatic carbocycles. The van der Waals surface area contributed by atoms with Gasteiger partial charge in [0.25, 0.3) is 0 Å². The first-order valence-electron chi connectivity index (χ1n) is 7.46. The molecule has 1 aromatic rings. The Hall–Kier alpha value is -0.920. The number of nitrogens with zero attached hydrogens (tertiary/aromatic N) is 1. The van der Waals surface area contributed by atoms with Crippen molar-refractivity contribution < 1.29 is 14.3 Å². The molecule has 0 saturated carbocycles. The fourth-order valence-corrected chi connectivity index (χ4v) is 4.31. The van der Waals surface area contributed by atoms with Crippen molar-refractivity contribution in [2.45, 2.75) is 19.8 Å². The van der Waals surface area contributed by atoms with Gasteiger partial charge in [0.1, 0.15) is 0 Å². The van der Waals surface area contributed by atoms with Gasteiger partial charge in [-0.1, -0.05) is 0 Å². The molecule has 1 N–H and O–H groups in total. The number of aryl methyl sites for hydroxylation is 1. The zero-order valence-corrected chi connectivity index (χ0v) is 16.4. The van der Waals surface area contributed by atoms with E-state index in [0.29, 0.717) is 6.54 Å². The average molecular weight is 448 g/mol. The number of carbonyl (C=O) groups is 2. The van der Waals surface area contributed by atoms with Gasteiger partial charge in [0.05, 0.1) is 25.3 Å². The van der Waals surface area contributed by atoms with Gasteiger partial charge in [-0.05, 0) is 82.4 Å². The number of hydrogen-bond donors (Lipinski definition) is 1. The Morgan fingerprint density at radius 2 is 1.83 bits per heavy atom. The van der Waals surface area contributed by atoms with Gasteiger partial charge in [0.2, 0.25) is 5.91 Å². The molecule has 0 aromatic heterocycles. The summed E-state index contributed by atoms with van der Waals surface area (Å²) in [5, 5.41) is 2.93. The summed E-state index contributed by atoms with van der Waals surface area (Å²) in [6.45, 7) is 3.76. The zero-order valence-electron chi connectivity index (χ0n) is 13.2. The number of likely N-dealkylation sites (tertiary alicyclic amines) is 1. The minimum Gasteiger partial charge on any atom is -0.469 e. The average Bonchev–Trinajstić information content (AvgIpc) is 2.51. The lowest BCUT2D eigenvalue weighted by Gasteiger charge is -2.30. The maximum atomic E-state index is 12.3. The number of anilines is 1. The summed E-state index contributed by atoms with van der Waals surface area (Å²) in [5.41, 5.74) is 1.84. The van der Waals surface area contributed by atoms with E-state index in [0.717, 1.165) is 46.1 Å². The van der Waals surface area contributed by atoms with Crippen LogP contribution in [0, 0.1) is 12.8 Å². The molecule has 0 unspecified atom stereocenters. The van der Waals surface area contributed by atoms with Crippen LogP contribution in [0.25, 0.3) is 0 Å². The fourth-order valence-electron chi connectivity index (χ4n) is 2.69. The Labute approximate surface area is 153 Å². The molecule has 0 bridgehead atoms. The molecule has 1 saturated heterocycles. The number of benzene rings is 1. The van der Waals surface area contributed by atoms with Crippen LogP contribution in [-0.4, -0.2) is 43.5 Å². The van der Waals surface area contributed by atoms with E-state index in [-0.39, 0.29) is 17.8 Å². The number of ether oxygens (including phenoxy) is 1. The highest BCUT2D eigenvalue weighted by atomic mass is 79.9. The third-order valence-electron chi connectivity index (χ3n) is 3.94. The van der Waals surface area contributed by atoms with Gasteiger partial charge >= 0.3 is 5.97 Å². The van der Waals surface area contributed by atoms with E-state index < -0.39 is 0 Å². The number of nitrogens with one attached hydrogen (secondary N) is 1. The van der Waals surface area contributed by atoms with E-state index in [1.165, 1.54) is 7.11 Å². The Morgan fingerprint density at radius 1 is 1.26 bits per heavy atom. The lowest BCUT2D eigenvalue weighted by molar-refractivity contribution is -0.147. The molecule has 7 heteroatoms. The van der Waals surface area contributed by atoms with Crippen LogP contribution in [0.3, 0.4) is 0 Å². The van der Waals surface area contributed by atoms with Crippen LogP contribution in [0.1, 0.15) is 18.4 Å². The number of esters is 1. The van der Waals surface area contributed by atoms with Crippen LogP contribution >= 0.6 is 31.9 Å². The van der Waals surface area contributed by atoms with Crippen molar-refractivity contribution in [3.8, 4) is 0 Å². The topological polar surface area (TPSA) is 58.6 Å². The number of rotatable bonds is 4. The second-order valence-electron chi connectivity index (χ2n) is 5.73. The summed E-state index contributed by atoms with van der Waals surface area (Å²) >= 11 is 6.95. The van der Waals surface area contributed by atoms with Gasteiger partial charge in [-0.15, -0.1) is 0 Å². The monoisotopic (exact) mass is 446 g/mol.